The van der Waals surface area contributed by atoms with Crippen LogP contribution in [0.5, 0.6) is 5.75 Å². The van der Waals surface area contributed by atoms with Crippen LogP contribution in [0.2, 0.25) is 5.02 Å². The van der Waals surface area contributed by atoms with Crippen molar-refractivity contribution in [3.05, 3.63) is 29.3 Å². The molecule has 1 aromatic rings. The van der Waals surface area contributed by atoms with Gasteiger partial charge in [-0.15, -0.1) is 0 Å². The summed E-state index contributed by atoms with van der Waals surface area (Å²) in [7, 11) is 0. The molecule has 1 saturated heterocycles. The van der Waals surface area contributed by atoms with Gasteiger partial charge in [-0.05, 0) is 37.1 Å². The number of amides is 1. The molecule has 0 bridgehead atoms. The quantitative estimate of drug-likeness (QED) is 0.764. The van der Waals surface area contributed by atoms with Crippen molar-refractivity contribution in [2.24, 2.45) is 5.92 Å². The van der Waals surface area contributed by atoms with Gasteiger partial charge in [-0.1, -0.05) is 25.4 Å². The van der Waals surface area contributed by atoms with Gasteiger partial charge in [0.05, 0.1) is 0 Å². The molecule has 0 aromatic heterocycles. The Labute approximate surface area is 144 Å². The Hall–Kier alpha value is -1.26. The van der Waals surface area contributed by atoms with E-state index < -0.39 is 0 Å². The van der Waals surface area contributed by atoms with Gasteiger partial charge in [-0.2, -0.15) is 0 Å². The van der Waals surface area contributed by atoms with E-state index in [9.17, 15) is 4.79 Å². The average molecular weight is 339 g/mol. The molecule has 1 aliphatic rings. The maximum atomic E-state index is 12.4. The smallest absolute Gasteiger partial charge is 0.225 e. The van der Waals surface area contributed by atoms with E-state index in [0.29, 0.717) is 12.5 Å². The van der Waals surface area contributed by atoms with Crippen LogP contribution in [0.25, 0.3) is 0 Å². The Bertz CT molecular complexity index is 480. The molecule has 0 spiro atoms. The third-order valence-corrected chi connectivity index (χ3v) is 4.76. The Morgan fingerprint density at radius 1 is 1.13 bits per heavy atom. The standard InChI is InChI=1S/C18H27ClN2O2/c1-3-15(4-2)18(22)21-11-9-20(10-12-21)13-14-23-17-7-5-16(19)6-8-17/h5-8,15H,3-4,9-14H2,1-2H3. The lowest BCUT2D eigenvalue weighted by Crippen LogP contribution is -2.51. The number of rotatable bonds is 7. The first-order valence-corrected chi connectivity index (χ1v) is 8.91. The van der Waals surface area contributed by atoms with E-state index in [2.05, 4.69) is 18.7 Å². The highest BCUT2D eigenvalue weighted by Gasteiger charge is 2.25. The second-order valence-corrected chi connectivity index (χ2v) is 6.42. The van der Waals surface area contributed by atoms with E-state index in [1.807, 2.05) is 29.2 Å². The highest BCUT2D eigenvalue weighted by molar-refractivity contribution is 6.30. The van der Waals surface area contributed by atoms with Crippen LogP contribution in [0.3, 0.4) is 0 Å². The van der Waals surface area contributed by atoms with Gasteiger partial charge in [-0.25, -0.2) is 0 Å². The summed E-state index contributed by atoms with van der Waals surface area (Å²) in [5, 5.41) is 0.718. The van der Waals surface area contributed by atoms with Gasteiger partial charge in [0, 0.05) is 43.7 Å². The summed E-state index contributed by atoms with van der Waals surface area (Å²) in [6.45, 7) is 9.24. The first-order chi connectivity index (χ1) is 11.1. The number of halogens is 1. The van der Waals surface area contributed by atoms with Gasteiger partial charge < -0.3 is 9.64 Å². The van der Waals surface area contributed by atoms with E-state index >= 15 is 0 Å². The van der Waals surface area contributed by atoms with Crippen LogP contribution in [0.15, 0.2) is 24.3 Å². The first-order valence-electron chi connectivity index (χ1n) is 8.53. The van der Waals surface area contributed by atoms with Crippen molar-refractivity contribution in [2.75, 3.05) is 39.3 Å². The second kappa shape index (κ2) is 9.14. The van der Waals surface area contributed by atoms with Crippen molar-refractivity contribution in [1.29, 1.82) is 0 Å². The topological polar surface area (TPSA) is 32.8 Å². The molecular formula is C18H27ClN2O2. The zero-order valence-corrected chi connectivity index (χ0v) is 14.9. The monoisotopic (exact) mass is 338 g/mol. The Morgan fingerprint density at radius 3 is 2.30 bits per heavy atom. The van der Waals surface area contributed by atoms with Crippen LogP contribution < -0.4 is 4.74 Å². The van der Waals surface area contributed by atoms with Crippen LogP contribution in [-0.4, -0.2) is 55.0 Å². The highest BCUT2D eigenvalue weighted by atomic mass is 35.5. The molecule has 1 amide bonds. The molecule has 5 heteroatoms. The molecule has 0 unspecified atom stereocenters. The number of carbonyl (C=O) groups is 1. The van der Waals surface area contributed by atoms with Crippen molar-refractivity contribution < 1.29 is 9.53 Å². The Kier molecular flexibility index (Phi) is 7.18. The number of hydrogen-bond donors (Lipinski definition) is 0. The van der Waals surface area contributed by atoms with Crippen molar-refractivity contribution in [1.82, 2.24) is 9.80 Å². The Balaban J connectivity index is 1.68. The molecule has 0 N–H and O–H groups in total. The average Bonchev–Trinajstić information content (AvgIpc) is 2.58. The van der Waals surface area contributed by atoms with E-state index in [0.717, 1.165) is 56.3 Å². The third kappa shape index (κ3) is 5.40. The molecule has 0 radical (unpaired) electrons. The molecule has 128 valence electrons. The summed E-state index contributed by atoms with van der Waals surface area (Å²) >= 11 is 5.85. The maximum Gasteiger partial charge on any atom is 0.225 e. The van der Waals surface area contributed by atoms with Crippen molar-refractivity contribution in [2.45, 2.75) is 26.7 Å². The van der Waals surface area contributed by atoms with Gasteiger partial charge in [0.2, 0.25) is 5.91 Å². The molecule has 2 rings (SSSR count). The first kappa shape index (κ1) is 18.1. The lowest BCUT2D eigenvalue weighted by Gasteiger charge is -2.36. The summed E-state index contributed by atoms with van der Waals surface area (Å²) in [5.41, 5.74) is 0. The van der Waals surface area contributed by atoms with Crippen molar-refractivity contribution >= 4 is 17.5 Å². The summed E-state index contributed by atoms with van der Waals surface area (Å²) in [6.07, 6.45) is 1.87. The maximum absolute atomic E-state index is 12.4. The number of hydrogen-bond acceptors (Lipinski definition) is 3. The fourth-order valence-corrected chi connectivity index (χ4v) is 3.04. The van der Waals surface area contributed by atoms with Crippen LogP contribution in [0, 0.1) is 5.92 Å². The fourth-order valence-electron chi connectivity index (χ4n) is 2.91. The minimum absolute atomic E-state index is 0.190. The highest BCUT2D eigenvalue weighted by Crippen LogP contribution is 2.16. The minimum atomic E-state index is 0.190. The van der Waals surface area contributed by atoms with Gasteiger partial charge in [-0.3, -0.25) is 9.69 Å². The molecule has 1 aromatic carbocycles. The number of ether oxygens (including phenoxy) is 1. The normalized spacial score (nSPS) is 15.9. The zero-order chi connectivity index (χ0) is 16.7. The van der Waals surface area contributed by atoms with E-state index in [1.54, 1.807) is 0 Å². The summed E-state index contributed by atoms with van der Waals surface area (Å²) in [5.74, 6) is 1.36. The summed E-state index contributed by atoms with van der Waals surface area (Å²) in [4.78, 5) is 16.7. The fraction of sp³-hybridized carbons (Fsp3) is 0.611. The molecule has 4 nitrogen and oxygen atoms in total. The third-order valence-electron chi connectivity index (χ3n) is 4.51. The number of piperazine rings is 1. The van der Waals surface area contributed by atoms with Crippen molar-refractivity contribution in [3.8, 4) is 5.75 Å². The molecule has 0 atom stereocenters. The molecule has 23 heavy (non-hydrogen) atoms. The molecule has 1 fully saturated rings. The number of benzene rings is 1. The van der Waals surface area contributed by atoms with Gasteiger partial charge in [0.15, 0.2) is 0 Å². The Morgan fingerprint density at radius 2 is 1.74 bits per heavy atom. The number of carbonyl (C=O) groups excluding carboxylic acids is 1. The molecular weight excluding hydrogens is 312 g/mol. The molecule has 0 aliphatic carbocycles. The summed E-state index contributed by atoms with van der Waals surface area (Å²) < 4.78 is 5.73. The van der Waals surface area contributed by atoms with Crippen LogP contribution in [0.1, 0.15) is 26.7 Å². The largest absolute Gasteiger partial charge is 0.492 e. The van der Waals surface area contributed by atoms with E-state index in [1.165, 1.54) is 0 Å². The van der Waals surface area contributed by atoms with E-state index in [4.69, 9.17) is 16.3 Å². The SMILES string of the molecule is CCC(CC)C(=O)N1CCN(CCOc2ccc(Cl)cc2)CC1. The zero-order valence-electron chi connectivity index (χ0n) is 14.1. The van der Waals surface area contributed by atoms with Crippen LogP contribution >= 0.6 is 11.6 Å². The van der Waals surface area contributed by atoms with Gasteiger partial charge in [0.1, 0.15) is 12.4 Å². The molecule has 1 aliphatic heterocycles. The molecule has 0 saturated carbocycles. The number of nitrogens with zero attached hydrogens (tertiary/aromatic N) is 2. The van der Waals surface area contributed by atoms with Crippen molar-refractivity contribution in [3.63, 3.8) is 0 Å². The minimum Gasteiger partial charge on any atom is -0.492 e. The second-order valence-electron chi connectivity index (χ2n) is 5.98. The lowest BCUT2D eigenvalue weighted by molar-refractivity contribution is -0.137. The molecule has 1 heterocycles. The van der Waals surface area contributed by atoms with E-state index in [-0.39, 0.29) is 5.92 Å². The van der Waals surface area contributed by atoms with Gasteiger partial charge >= 0.3 is 0 Å². The summed E-state index contributed by atoms with van der Waals surface area (Å²) in [6, 6.07) is 7.43. The van der Waals surface area contributed by atoms with Gasteiger partial charge in [0.25, 0.3) is 0 Å². The predicted octanol–water partition coefficient (Wildman–Crippen LogP) is 3.30. The van der Waals surface area contributed by atoms with Crippen LogP contribution in [0.4, 0.5) is 0 Å². The lowest BCUT2D eigenvalue weighted by atomic mass is 10.0. The van der Waals surface area contributed by atoms with Crippen LogP contribution in [-0.2, 0) is 4.79 Å². The predicted molar refractivity (Wildman–Crippen MR) is 94.0 cm³/mol.